The standard InChI is InChI=1S/C18H17NO8S.C16H36N/c20-17(21)16(10-27-28(23,24)25)19-18(22)26-9-15-13-7-3-1-5-11(13)12-6-2-4-8-14(12)15;1-5-9-13-17(14-10-6-2,15-11-7-3)16-12-8-4/h1-8,15-16H,9-10H2,(H,19,22)(H,20,21)(H,23,24,25);5-16H2,1-4H3/q;+1/p-1/t16-;/m0./s1. The minimum absolute atomic E-state index is 0.0487. The number of carbonyl (C=O) groups excluding carboxylic acids is 1. The molecule has 2 aromatic carbocycles. The second kappa shape index (κ2) is 19.5. The normalized spacial score (nSPS) is 13.3. The van der Waals surface area contributed by atoms with E-state index in [1.54, 1.807) is 0 Å². The zero-order valence-corrected chi connectivity index (χ0v) is 28.1. The average Bonchev–Trinajstić information content (AvgIpc) is 3.34. The number of fused-ring (bicyclic) bond motifs is 3. The molecule has 0 aromatic heterocycles. The molecular formula is C34H52N2O8S. The molecule has 11 heteroatoms. The Morgan fingerprint density at radius 3 is 1.62 bits per heavy atom. The number of aliphatic carboxylic acids is 1. The maximum Gasteiger partial charge on any atom is 0.407 e. The molecule has 2 N–H and O–H groups in total. The van der Waals surface area contributed by atoms with Crippen LogP contribution in [0.1, 0.15) is 96.1 Å². The molecule has 0 aliphatic heterocycles. The van der Waals surface area contributed by atoms with E-state index in [-0.39, 0.29) is 12.5 Å². The van der Waals surface area contributed by atoms with Crippen LogP contribution in [0.5, 0.6) is 0 Å². The van der Waals surface area contributed by atoms with Gasteiger partial charge in [0.2, 0.25) is 10.4 Å². The number of ether oxygens (including phenoxy) is 1. The SMILES string of the molecule is CCCC[N+](CCCC)(CCCC)CCCC.O=C(N[C@@H](COS(=O)(=O)[O-])C(=O)O)OCC1c2ccccc2-c2ccccc21. The summed E-state index contributed by atoms with van der Waals surface area (Å²) < 4.78 is 41.9. The quantitative estimate of drug-likeness (QED) is 0.100. The first-order valence-corrected chi connectivity index (χ1v) is 17.6. The Labute approximate surface area is 269 Å². The van der Waals surface area contributed by atoms with Gasteiger partial charge in [-0.15, -0.1) is 0 Å². The largest absolute Gasteiger partial charge is 0.726 e. The summed E-state index contributed by atoms with van der Waals surface area (Å²) >= 11 is 0. The van der Waals surface area contributed by atoms with Crippen LogP contribution >= 0.6 is 0 Å². The van der Waals surface area contributed by atoms with Crippen LogP contribution < -0.4 is 5.32 Å². The number of amides is 1. The van der Waals surface area contributed by atoms with E-state index in [4.69, 9.17) is 9.84 Å². The van der Waals surface area contributed by atoms with Crippen LogP contribution in [0.15, 0.2) is 48.5 Å². The fraction of sp³-hybridized carbons (Fsp3) is 0.588. The van der Waals surface area contributed by atoms with E-state index >= 15 is 0 Å². The van der Waals surface area contributed by atoms with Crippen LogP contribution in [-0.4, -0.2) is 80.1 Å². The van der Waals surface area contributed by atoms with Gasteiger partial charge >= 0.3 is 12.1 Å². The lowest BCUT2D eigenvalue weighted by molar-refractivity contribution is -0.929. The summed E-state index contributed by atoms with van der Waals surface area (Å²) in [6.45, 7) is 13.9. The molecule has 45 heavy (non-hydrogen) atoms. The van der Waals surface area contributed by atoms with E-state index < -0.39 is 35.1 Å². The van der Waals surface area contributed by atoms with E-state index in [9.17, 15) is 22.6 Å². The molecule has 0 saturated carbocycles. The van der Waals surface area contributed by atoms with Crippen molar-refractivity contribution in [3.63, 3.8) is 0 Å². The maximum atomic E-state index is 12.0. The fourth-order valence-electron chi connectivity index (χ4n) is 5.75. The Morgan fingerprint density at radius 1 is 0.822 bits per heavy atom. The Bertz CT molecular complexity index is 1220. The van der Waals surface area contributed by atoms with Crippen molar-refractivity contribution in [1.82, 2.24) is 5.32 Å². The molecule has 1 aliphatic rings. The molecule has 0 bridgehead atoms. The Hall–Kier alpha value is -2.99. The highest BCUT2D eigenvalue weighted by molar-refractivity contribution is 7.80. The number of nitrogens with zero attached hydrogens (tertiary/aromatic N) is 1. The number of carboxylic acid groups (broad SMARTS) is 1. The van der Waals surface area contributed by atoms with Gasteiger partial charge in [-0.1, -0.05) is 102 Å². The van der Waals surface area contributed by atoms with Gasteiger partial charge in [-0.2, -0.15) is 0 Å². The van der Waals surface area contributed by atoms with Crippen molar-refractivity contribution < 1.29 is 41.1 Å². The summed E-state index contributed by atoms with van der Waals surface area (Å²) in [7, 11) is -5.09. The first kappa shape index (κ1) is 38.2. The Kier molecular flexibility index (Phi) is 16.6. The fourth-order valence-corrected chi connectivity index (χ4v) is 6.06. The van der Waals surface area contributed by atoms with E-state index in [2.05, 4.69) is 31.9 Å². The van der Waals surface area contributed by atoms with E-state index in [0.29, 0.717) is 0 Å². The summed E-state index contributed by atoms with van der Waals surface area (Å²) in [4.78, 5) is 23.1. The minimum Gasteiger partial charge on any atom is -0.726 e. The number of quaternary nitrogens is 1. The number of unbranched alkanes of at least 4 members (excludes halogenated alkanes) is 4. The molecular weight excluding hydrogens is 596 g/mol. The van der Waals surface area contributed by atoms with Gasteiger partial charge in [0.15, 0.2) is 6.04 Å². The maximum absolute atomic E-state index is 12.0. The van der Waals surface area contributed by atoms with Crippen molar-refractivity contribution in [3.05, 3.63) is 59.7 Å². The summed E-state index contributed by atoms with van der Waals surface area (Å²) in [5.74, 6) is -1.79. The first-order valence-electron chi connectivity index (χ1n) is 16.3. The van der Waals surface area contributed by atoms with Crippen LogP contribution in [-0.2, 0) is 24.1 Å². The first-order chi connectivity index (χ1) is 21.5. The number of rotatable bonds is 19. The van der Waals surface area contributed by atoms with Crippen LogP contribution in [0.2, 0.25) is 0 Å². The minimum atomic E-state index is -5.09. The number of alkyl carbamates (subject to hydrolysis) is 1. The molecule has 1 amide bonds. The third-order valence-corrected chi connectivity index (χ3v) is 8.68. The predicted octanol–water partition coefficient (Wildman–Crippen LogP) is 6.46. The van der Waals surface area contributed by atoms with E-state index in [1.165, 1.54) is 82.0 Å². The molecule has 0 fully saturated rings. The van der Waals surface area contributed by atoms with Crippen LogP contribution in [0.25, 0.3) is 11.1 Å². The monoisotopic (exact) mass is 648 g/mol. The third kappa shape index (κ3) is 12.7. The zero-order valence-electron chi connectivity index (χ0n) is 27.3. The lowest BCUT2D eigenvalue weighted by Crippen LogP contribution is -2.50. The highest BCUT2D eigenvalue weighted by atomic mass is 32.3. The highest BCUT2D eigenvalue weighted by Crippen LogP contribution is 2.44. The molecule has 1 aliphatic carbocycles. The van der Waals surface area contributed by atoms with Gasteiger partial charge in [0.1, 0.15) is 6.61 Å². The molecule has 252 valence electrons. The van der Waals surface area contributed by atoms with Crippen molar-refractivity contribution in [2.75, 3.05) is 39.4 Å². The van der Waals surface area contributed by atoms with Crippen molar-refractivity contribution in [2.24, 2.45) is 0 Å². The highest BCUT2D eigenvalue weighted by Gasteiger charge is 2.30. The topological polar surface area (TPSA) is 142 Å². The molecule has 0 unspecified atom stereocenters. The predicted molar refractivity (Wildman–Crippen MR) is 175 cm³/mol. The number of benzene rings is 2. The van der Waals surface area contributed by atoms with Crippen molar-refractivity contribution >= 4 is 22.5 Å². The summed E-state index contributed by atoms with van der Waals surface area (Å²) in [5, 5.41) is 11.0. The van der Waals surface area contributed by atoms with Crippen molar-refractivity contribution in [3.8, 4) is 11.1 Å². The Morgan fingerprint density at radius 2 is 1.24 bits per heavy atom. The summed E-state index contributed by atoms with van der Waals surface area (Å²) in [6.07, 6.45) is 9.99. The second-order valence-electron chi connectivity index (χ2n) is 11.7. The second-order valence-corrected chi connectivity index (χ2v) is 12.8. The number of carbonyl (C=O) groups is 2. The lowest BCUT2D eigenvalue weighted by Gasteiger charge is -2.39. The van der Waals surface area contributed by atoms with Gasteiger partial charge in [0.05, 0.1) is 32.8 Å². The van der Waals surface area contributed by atoms with Gasteiger partial charge in [-0.3, -0.25) is 4.18 Å². The Balaban J connectivity index is 0.000000358. The average molecular weight is 649 g/mol. The van der Waals surface area contributed by atoms with Crippen LogP contribution in [0.4, 0.5) is 4.79 Å². The molecule has 0 heterocycles. The van der Waals surface area contributed by atoms with Gasteiger partial charge in [0.25, 0.3) is 0 Å². The zero-order chi connectivity index (χ0) is 33.3. The van der Waals surface area contributed by atoms with Gasteiger partial charge in [0, 0.05) is 5.92 Å². The third-order valence-electron chi connectivity index (χ3n) is 8.26. The molecule has 0 spiro atoms. The van der Waals surface area contributed by atoms with E-state index in [1.807, 2.05) is 53.8 Å². The smallest absolute Gasteiger partial charge is 0.407 e. The van der Waals surface area contributed by atoms with Gasteiger partial charge in [-0.25, -0.2) is 18.0 Å². The number of hydrogen-bond donors (Lipinski definition) is 2. The molecule has 10 nitrogen and oxygen atoms in total. The summed E-state index contributed by atoms with van der Waals surface area (Å²) in [5.41, 5.74) is 4.02. The molecule has 0 radical (unpaired) electrons. The molecule has 1 atom stereocenters. The molecule has 0 saturated heterocycles. The number of nitrogens with one attached hydrogen (secondary N) is 1. The van der Waals surface area contributed by atoms with Gasteiger partial charge in [-0.05, 0) is 47.9 Å². The molecule has 3 rings (SSSR count). The number of carboxylic acids is 1. The lowest BCUT2D eigenvalue weighted by atomic mass is 9.98. The van der Waals surface area contributed by atoms with Crippen LogP contribution in [0, 0.1) is 0 Å². The van der Waals surface area contributed by atoms with Crippen LogP contribution in [0.3, 0.4) is 0 Å². The number of hydrogen-bond acceptors (Lipinski definition) is 7. The van der Waals surface area contributed by atoms with Crippen molar-refractivity contribution in [1.29, 1.82) is 0 Å². The molecule has 2 aromatic rings. The van der Waals surface area contributed by atoms with Crippen molar-refractivity contribution in [2.45, 2.75) is 91.0 Å². The summed E-state index contributed by atoms with van der Waals surface area (Å²) in [6, 6.07) is 13.6. The van der Waals surface area contributed by atoms with E-state index in [0.717, 1.165) is 22.3 Å². The van der Waals surface area contributed by atoms with Gasteiger partial charge < -0.3 is 24.2 Å².